The van der Waals surface area contributed by atoms with Crippen molar-refractivity contribution in [3.63, 3.8) is 0 Å². The van der Waals surface area contributed by atoms with Gasteiger partial charge in [-0.1, -0.05) is 30.7 Å². The lowest BCUT2D eigenvalue weighted by Crippen LogP contribution is -2.36. The number of aliphatic carboxylic acids is 1. The van der Waals surface area contributed by atoms with E-state index < -0.39 is 11.9 Å². The van der Waals surface area contributed by atoms with E-state index in [1.165, 1.54) is 0 Å². The number of nitrogens with one attached hydrogen (secondary N) is 1. The van der Waals surface area contributed by atoms with Gasteiger partial charge in [0.15, 0.2) is 0 Å². The summed E-state index contributed by atoms with van der Waals surface area (Å²) in [5.74, 6) is -1.91. The second kappa shape index (κ2) is 6.07. The highest BCUT2D eigenvalue weighted by atomic mass is 16.4. The standard InChI is InChI=1S/C16H21NO3/c1-10-6-3-4-7-12(10)11(2)17-15(18)13-8-5-9-14(13)16(19)20/h3-4,6-7,11,13-14H,5,8-9H2,1-2H3,(H,17,18)(H,19,20)/t11-,13?,14?/m1/s1. The van der Waals surface area contributed by atoms with E-state index in [-0.39, 0.29) is 17.9 Å². The number of carbonyl (C=O) groups is 2. The third-order valence-electron chi connectivity index (χ3n) is 4.18. The molecule has 0 bridgehead atoms. The second-order valence-electron chi connectivity index (χ2n) is 5.57. The molecule has 0 heterocycles. The van der Waals surface area contributed by atoms with Crippen molar-refractivity contribution in [1.82, 2.24) is 5.32 Å². The molecule has 1 fully saturated rings. The average Bonchev–Trinajstić information content (AvgIpc) is 2.88. The molecule has 4 nitrogen and oxygen atoms in total. The van der Waals surface area contributed by atoms with E-state index in [9.17, 15) is 9.59 Å². The first-order valence-corrected chi connectivity index (χ1v) is 7.09. The lowest BCUT2D eigenvalue weighted by Gasteiger charge is -2.21. The van der Waals surface area contributed by atoms with Crippen molar-refractivity contribution in [3.05, 3.63) is 35.4 Å². The summed E-state index contributed by atoms with van der Waals surface area (Å²) in [6, 6.07) is 7.81. The van der Waals surface area contributed by atoms with Crippen molar-refractivity contribution in [2.75, 3.05) is 0 Å². The monoisotopic (exact) mass is 275 g/mol. The van der Waals surface area contributed by atoms with Gasteiger partial charge in [0, 0.05) is 0 Å². The number of carbonyl (C=O) groups excluding carboxylic acids is 1. The van der Waals surface area contributed by atoms with Gasteiger partial charge in [-0.05, 0) is 37.8 Å². The largest absolute Gasteiger partial charge is 0.481 e. The van der Waals surface area contributed by atoms with Gasteiger partial charge in [-0.15, -0.1) is 0 Å². The topological polar surface area (TPSA) is 66.4 Å². The van der Waals surface area contributed by atoms with Crippen molar-refractivity contribution in [2.45, 2.75) is 39.2 Å². The van der Waals surface area contributed by atoms with Crippen LogP contribution in [0.1, 0.15) is 43.4 Å². The molecule has 1 aromatic rings. The van der Waals surface area contributed by atoms with E-state index in [2.05, 4.69) is 5.32 Å². The predicted octanol–water partition coefficient (Wildman–Crippen LogP) is 2.67. The van der Waals surface area contributed by atoms with Crippen LogP contribution in [0.2, 0.25) is 0 Å². The Hall–Kier alpha value is -1.84. The number of hydrogen-bond donors (Lipinski definition) is 2. The minimum atomic E-state index is -0.855. The van der Waals surface area contributed by atoms with Gasteiger partial charge >= 0.3 is 5.97 Å². The summed E-state index contributed by atoms with van der Waals surface area (Å²) in [5, 5.41) is 12.1. The smallest absolute Gasteiger partial charge is 0.307 e. The van der Waals surface area contributed by atoms with Crippen LogP contribution >= 0.6 is 0 Å². The van der Waals surface area contributed by atoms with Crippen LogP contribution < -0.4 is 5.32 Å². The van der Waals surface area contributed by atoms with Gasteiger partial charge < -0.3 is 10.4 Å². The van der Waals surface area contributed by atoms with E-state index in [1.54, 1.807) is 0 Å². The zero-order valence-corrected chi connectivity index (χ0v) is 11.9. The number of rotatable bonds is 4. The number of carboxylic acids is 1. The van der Waals surface area contributed by atoms with Gasteiger partial charge in [-0.25, -0.2) is 0 Å². The zero-order valence-electron chi connectivity index (χ0n) is 11.9. The molecule has 2 rings (SSSR count). The van der Waals surface area contributed by atoms with Gasteiger partial charge in [-0.3, -0.25) is 9.59 Å². The molecule has 1 amide bonds. The molecule has 1 aliphatic carbocycles. The Morgan fingerprint density at radius 3 is 2.55 bits per heavy atom. The Morgan fingerprint density at radius 2 is 1.90 bits per heavy atom. The molecule has 1 saturated carbocycles. The maximum absolute atomic E-state index is 12.3. The highest BCUT2D eigenvalue weighted by Gasteiger charge is 2.38. The molecule has 20 heavy (non-hydrogen) atoms. The molecule has 0 spiro atoms. The molecule has 0 aliphatic heterocycles. The van der Waals surface area contributed by atoms with E-state index in [0.717, 1.165) is 17.5 Å². The van der Waals surface area contributed by atoms with Gasteiger partial charge in [0.2, 0.25) is 5.91 Å². The number of hydrogen-bond acceptors (Lipinski definition) is 2. The Morgan fingerprint density at radius 1 is 1.25 bits per heavy atom. The molecule has 1 aromatic carbocycles. The van der Waals surface area contributed by atoms with Crippen LogP contribution in [0.3, 0.4) is 0 Å². The second-order valence-corrected chi connectivity index (χ2v) is 5.57. The van der Waals surface area contributed by atoms with E-state index in [1.807, 2.05) is 38.1 Å². The SMILES string of the molecule is Cc1ccccc1[C@@H](C)NC(=O)C1CCCC1C(=O)O. The normalized spacial score (nSPS) is 23.3. The van der Waals surface area contributed by atoms with Gasteiger partial charge in [0.25, 0.3) is 0 Å². The van der Waals surface area contributed by atoms with Crippen molar-refractivity contribution < 1.29 is 14.7 Å². The lowest BCUT2D eigenvalue weighted by atomic mass is 9.94. The van der Waals surface area contributed by atoms with E-state index in [4.69, 9.17) is 5.11 Å². The summed E-state index contributed by atoms with van der Waals surface area (Å²) in [7, 11) is 0. The predicted molar refractivity (Wildman–Crippen MR) is 76.2 cm³/mol. The van der Waals surface area contributed by atoms with Crippen LogP contribution in [0.4, 0.5) is 0 Å². The summed E-state index contributed by atoms with van der Waals surface area (Å²) in [6.07, 6.45) is 2.09. The number of amides is 1. The van der Waals surface area contributed by atoms with Crippen LogP contribution in [0, 0.1) is 18.8 Å². The third kappa shape index (κ3) is 3.00. The van der Waals surface area contributed by atoms with Gasteiger partial charge in [0.05, 0.1) is 17.9 Å². The van der Waals surface area contributed by atoms with Crippen molar-refractivity contribution in [1.29, 1.82) is 0 Å². The Bertz CT molecular complexity index is 512. The minimum absolute atomic E-state index is 0.0984. The summed E-state index contributed by atoms with van der Waals surface area (Å²) >= 11 is 0. The Balaban J connectivity index is 2.04. The molecule has 2 unspecified atom stereocenters. The van der Waals surface area contributed by atoms with Gasteiger partial charge in [-0.2, -0.15) is 0 Å². The molecule has 0 radical (unpaired) electrons. The van der Waals surface area contributed by atoms with Crippen LogP contribution in [0.15, 0.2) is 24.3 Å². The fraction of sp³-hybridized carbons (Fsp3) is 0.500. The fourth-order valence-corrected chi connectivity index (χ4v) is 3.04. The highest BCUT2D eigenvalue weighted by Crippen LogP contribution is 2.32. The number of carboxylic acid groups (broad SMARTS) is 1. The van der Waals surface area contributed by atoms with Crippen molar-refractivity contribution in [2.24, 2.45) is 11.8 Å². The average molecular weight is 275 g/mol. The molecular formula is C16H21NO3. The number of aryl methyl sites for hydroxylation is 1. The molecule has 4 heteroatoms. The summed E-state index contributed by atoms with van der Waals surface area (Å²) in [6.45, 7) is 3.94. The van der Waals surface area contributed by atoms with Crippen LogP contribution in [-0.2, 0) is 9.59 Å². The first-order chi connectivity index (χ1) is 9.50. The van der Waals surface area contributed by atoms with Crippen LogP contribution in [0.5, 0.6) is 0 Å². The Kier molecular flexibility index (Phi) is 4.42. The molecule has 2 N–H and O–H groups in total. The van der Waals surface area contributed by atoms with E-state index in [0.29, 0.717) is 12.8 Å². The highest BCUT2D eigenvalue weighted by molar-refractivity contribution is 5.85. The maximum Gasteiger partial charge on any atom is 0.307 e. The zero-order chi connectivity index (χ0) is 14.7. The summed E-state index contributed by atoms with van der Waals surface area (Å²) in [4.78, 5) is 23.4. The summed E-state index contributed by atoms with van der Waals surface area (Å²) in [5.41, 5.74) is 2.20. The third-order valence-corrected chi connectivity index (χ3v) is 4.18. The first-order valence-electron chi connectivity index (χ1n) is 7.09. The molecular weight excluding hydrogens is 254 g/mol. The summed E-state index contributed by atoms with van der Waals surface area (Å²) < 4.78 is 0. The van der Waals surface area contributed by atoms with Crippen LogP contribution in [-0.4, -0.2) is 17.0 Å². The molecule has 1 aliphatic rings. The van der Waals surface area contributed by atoms with Crippen molar-refractivity contribution >= 4 is 11.9 Å². The molecule has 108 valence electrons. The Labute approximate surface area is 119 Å². The quantitative estimate of drug-likeness (QED) is 0.887. The van der Waals surface area contributed by atoms with Crippen molar-refractivity contribution in [3.8, 4) is 0 Å². The molecule has 0 aromatic heterocycles. The minimum Gasteiger partial charge on any atom is -0.481 e. The lowest BCUT2D eigenvalue weighted by molar-refractivity contribution is -0.146. The fourth-order valence-electron chi connectivity index (χ4n) is 3.04. The van der Waals surface area contributed by atoms with Crippen LogP contribution in [0.25, 0.3) is 0 Å². The molecule has 0 saturated heterocycles. The maximum atomic E-state index is 12.3. The first kappa shape index (κ1) is 14.6. The van der Waals surface area contributed by atoms with Gasteiger partial charge in [0.1, 0.15) is 0 Å². The van der Waals surface area contributed by atoms with E-state index >= 15 is 0 Å². The molecule has 3 atom stereocenters. The number of benzene rings is 1.